The summed E-state index contributed by atoms with van der Waals surface area (Å²) in [5, 5.41) is 21.5. The van der Waals surface area contributed by atoms with Crippen LogP contribution in [0, 0.1) is 5.92 Å². The lowest BCUT2D eigenvalue weighted by Crippen LogP contribution is -2.52. The van der Waals surface area contributed by atoms with E-state index in [9.17, 15) is 15.0 Å². The Hall–Kier alpha value is -2.71. The van der Waals surface area contributed by atoms with Crippen molar-refractivity contribution in [1.29, 1.82) is 0 Å². The fourth-order valence-corrected chi connectivity index (χ4v) is 4.37. The van der Waals surface area contributed by atoms with Crippen LogP contribution in [0.3, 0.4) is 0 Å². The van der Waals surface area contributed by atoms with E-state index < -0.39 is 6.10 Å². The number of nitrogens with zero attached hydrogens (tertiary/aromatic N) is 4. The Morgan fingerprint density at radius 1 is 1.09 bits per heavy atom. The largest absolute Gasteiger partial charge is 0.507 e. The molecule has 2 heterocycles. The molecule has 0 unspecified atom stereocenters. The number of fused-ring (bicyclic) bond motifs is 1. The molecule has 0 radical (unpaired) electrons. The normalized spacial score (nSPS) is 15.4. The molecule has 2 aromatic carbocycles. The Morgan fingerprint density at radius 3 is 2.50 bits per heavy atom. The first-order valence-electron chi connectivity index (χ1n) is 10.8. The van der Waals surface area contributed by atoms with Crippen molar-refractivity contribution in [2.24, 2.45) is 5.92 Å². The number of aliphatic hydroxyl groups is 1. The molecule has 1 saturated heterocycles. The number of amides is 1. The molecule has 4 rings (SSSR count). The lowest BCUT2D eigenvalue weighted by Gasteiger charge is -2.37. The molecule has 1 atom stereocenters. The molecule has 1 aliphatic heterocycles. The van der Waals surface area contributed by atoms with Crippen LogP contribution in [0.4, 0.5) is 5.82 Å². The molecular formula is C24H27BrN4O3. The van der Waals surface area contributed by atoms with Gasteiger partial charge in [-0.3, -0.25) is 4.79 Å². The predicted octanol–water partition coefficient (Wildman–Crippen LogP) is 3.82. The number of aliphatic hydroxyl groups excluding tert-OH is 1. The number of phenolic OH excluding ortho intramolecular Hbond substituents is 1. The first-order valence-corrected chi connectivity index (χ1v) is 11.6. The average Bonchev–Trinajstić information content (AvgIpc) is 2.78. The van der Waals surface area contributed by atoms with E-state index in [1.54, 1.807) is 23.1 Å². The minimum absolute atomic E-state index is 0.129. The number of para-hydroxylation sites is 1. The number of aromatic nitrogens is 2. The molecule has 0 bridgehead atoms. The van der Waals surface area contributed by atoms with Crippen LogP contribution in [-0.2, 0) is 4.79 Å². The highest BCUT2D eigenvalue weighted by molar-refractivity contribution is 9.10. The van der Waals surface area contributed by atoms with Crippen LogP contribution in [0.5, 0.6) is 5.75 Å². The standard InChI is InChI=1S/C24H27BrN4O3/c1-15(2)13-21(31)24(32)29-11-9-28(10-12-29)23-18-14-16(25)7-8-19(18)26-22(27-23)17-5-3-4-6-20(17)30/h3-8,14-15,21,30-31H,9-13H2,1-2H3/t21-/m1/s1. The first kappa shape index (κ1) is 22.5. The molecular weight excluding hydrogens is 472 g/mol. The van der Waals surface area contributed by atoms with Crippen molar-refractivity contribution in [2.75, 3.05) is 31.1 Å². The zero-order valence-corrected chi connectivity index (χ0v) is 19.8. The van der Waals surface area contributed by atoms with Gasteiger partial charge in [-0.1, -0.05) is 41.9 Å². The summed E-state index contributed by atoms with van der Waals surface area (Å²) in [6.07, 6.45) is -0.488. The van der Waals surface area contributed by atoms with Crippen LogP contribution < -0.4 is 4.90 Å². The molecule has 7 nitrogen and oxygen atoms in total. The predicted molar refractivity (Wildman–Crippen MR) is 129 cm³/mol. The van der Waals surface area contributed by atoms with Crippen molar-refractivity contribution in [2.45, 2.75) is 26.4 Å². The SMILES string of the molecule is CC(C)C[C@@H](O)C(=O)N1CCN(c2nc(-c3ccccc3O)nc3ccc(Br)cc23)CC1. The third-order valence-electron chi connectivity index (χ3n) is 5.65. The molecule has 0 saturated carbocycles. The van der Waals surface area contributed by atoms with Crippen LogP contribution in [0.15, 0.2) is 46.9 Å². The molecule has 1 aliphatic rings. The molecule has 1 aromatic heterocycles. The Bertz CT molecular complexity index is 1130. The summed E-state index contributed by atoms with van der Waals surface area (Å²) in [7, 11) is 0. The molecule has 1 fully saturated rings. The minimum atomic E-state index is -0.954. The molecule has 1 amide bonds. The number of hydrogen-bond donors (Lipinski definition) is 2. The summed E-state index contributed by atoms with van der Waals surface area (Å²) in [5.74, 6) is 1.41. The lowest BCUT2D eigenvalue weighted by atomic mass is 10.0. The van der Waals surface area contributed by atoms with E-state index in [0.717, 1.165) is 21.2 Å². The Kier molecular flexibility index (Phi) is 6.62. The van der Waals surface area contributed by atoms with Gasteiger partial charge < -0.3 is 20.0 Å². The average molecular weight is 499 g/mol. The van der Waals surface area contributed by atoms with Gasteiger partial charge in [0, 0.05) is 36.0 Å². The van der Waals surface area contributed by atoms with Gasteiger partial charge in [0.15, 0.2) is 5.82 Å². The number of halogens is 1. The van der Waals surface area contributed by atoms with E-state index in [-0.39, 0.29) is 17.6 Å². The van der Waals surface area contributed by atoms with Crippen LogP contribution in [0.25, 0.3) is 22.3 Å². The second kappa shape index (κ2) is 9.42. The van der Waals surface area contributed by atoms with Crippen molar-refractivity contribution in [3.8, 4) is 17.1 Å². The molecule has 2 N–H and O–H groups in total. The summed E-state index contributed by atoms with van der Waals surface area (Å²) in [6.45, 7) is 6.21. The highest BCUT2D eigenvalue weighted by Gasteiger charge is 2.28. The van der Waals surface area contributed by atoms with Gasteiger partial charge in [-0.25, -0.2) is 9.97 Å². The van der Waals surface area contributed by atoms with Crippen molar-refractivity contribution in [1.82, 2.24) is 14.9 Å². The first-order chi connectivity index (χ1) is 15.3. The van der Waals surface area contributed by atoms with Gasteiger partial charge in [-0.15, -0.1) is 0 Å². The summed E-state index contributed by atoms with van der Waals surface area (Å²) < 4.78 is 0.927. The van der Waals surface area contributed by atoms with Crippen LogP contribution in [-0.4, -0.2) is 63.3 Å². The van der Waals surface area contributed by atoms with E-state index in [4.69, 9.17) is 4.98 Å². The number of phenols is 1. The number of carbonyl (C=O) groups is 1. The topological polar surface area (TPSA) is 89.8 Å². The molecule has 32 heavy (non-hydrogen) atoms. The molecule has 8 heteroatoms. The van der Waals surface area contributed by atoms with Gasteiger partial charge in [-0.05, 0) is 42.7 Å². The Balaban J connectivity index is 1.63. The van der Waals surface area contributed by atoms with Gasteiger partial charge >= 0.3 is 0 Å². The maximum absolute atomic E-state index is 12.6. The number of anilines is 1. The fourth-order valence-electron chi connectivity index (χ4n) is 4.01. The summed E-state index contributed by atoms with van der Waals surface area (Å²) in [5.41, 5.74) is 1.35. The lowest BCUT2D eigenvalue weighted by molar-refractivity contribution is -0.141. The highest BCUT2D eigenvalue weighted by atomic mass is 79.9. The van der Waals surface area contributed by atoms with Crippen molar-refractivity contribution >= 4 is 38.6 Å². The van der Waals surface area contributed by atoms with Crippen molar-refractivity contribution in [3.63, 3.8) is 0 Å². The molecule has 0 aliphatic carbocycles. The molecule has 168 valence electrons. The second-order valence-corrected chi connectivity index (χ2v) is 9.42. The third kappa shape index (κ3) is 4.71. The quantitative estimate of drug-likeness (QED) is 0.555. The zero-order valence-electron chi connectivity index (χ0n) is 18.2. The third-order valence-corrected chi connectivity index (χ3v) is 6.15. The van der Waals surface area contributed by atoms with E-state index in [1.807, 2.05) is 38.1 Å². The number of aromatic hydroxyl groups is 1. The number of carbonyl (C=O) groups excluding carboxylic acids is 1. The van der Waals surface area contributed by atoms with Crippen molar-refractivity contribution < 1.29 is 15.0 Å². The highest BCUT2D eigenvalue weighted by Crippen LogP contribution is 2.33. The zero-order chi connectivity index (χ0) is 22.8. The van der Waals surface area contributed by atoms with E-state index in [0.29, 0.717) is 44.0 Å². The monoisotopic (exact) mass is 498 g/mol. The summed E-state index contributed by atoms with van der Waals surface area (Å²) in [6, 6.07) is 12.9. The Morgan fingerprint density at radius 2 is 1.81 bits per heavy atom. The number of rotatable bonds is 5. The number of hydrogen-bond acceptors (Lipinski definition) is 6. The smallest absolute Gasteiger partial charge is 0.251 e. The minimum Gasteiger partial charge on any atom is -0.507 e. The van der Waals surface area contributed by atoms with E-state index in [1.165, 1.54) is 0 Å². The number of piperazine rings is 1. The summed E-state index contributed by atoms with van der Waals surface area (Å²) in [4.78, 5) is 26.0. The van der Waals surface area contributed by atoms with E-state index in [2.05, 4.69) is 25.8 Å². The van der Waals surface area contributed by atoms with E-state index >= 15 is 0 Å². The van der Waals surface area contributed by atoms with Gasteiger partial charge in [-0.2, -0.15) is 0 Å². The van der Waals surface area contributed by atoms with Gasteiger partial charge in [0.25, 0.3) is 5.91 Å². The summed E-state index contributed by atoms with van der Waals surface area (Å²) >= 11 is 3.53. The van der Waals surface area contributed by atoms with Crippen molar-refractivity contribution in [3.05, 3.63) is 46.9 Å². The van der Waals surface area contributed by atoms with Gasteiger partial charge in [0.2, 0.25) is 0 Å². The number of benzene rings is 2. The second-order valence-electron chi connectivity index (χ2n) is 8.51. The maximum atomic E-state index is 12.6. The van der Waals surface area contributed by atoms with Crippen LogP contribution in [0.1, 0.15) is 20.3 Å². The molecule has 3 aromatic rings. The van der Waals surface area contributed by atoms with Crippen LogP contribution >= 0.6 is 15.9 Å². The Labute approximate surface area is 195 Å². The molecule has 0 spiro atoms. The van der Waals surface area contributed by atoms with Gasteiger partial charge in [0.1, 0.15) is 17.7 Å². The maximum Gasteiger partial charge on any atom is 0.251 e. The van der Waals surface area contributed by atoms with Crippen LogP contribution in [0.2, 0.25) is 0 Å². The fraction of sp³-hybridized carbons (Fsp3) is 0.375. The van der Waals surface area contributed by atoms with Gasteiger partial charge in [0.05, 0.1) is 11.1 Å².